The number of anilines is 1. The molecule has 9 nitrogen and oxygen atoms in total. The van der Waals surface area contributed by atoms with E-state index in [4.69, 9.17) is 14.5 Å². The summed E-state index contributed by atoms with van der Waals surface area (Å²) in [4.78, 5) is 26.5. The molecule has 5 aliphatic rings. The van der Waals surface area contributed by atoms with Gasteiger partial charge in [0.2, 0.25) is 5.91 Å². The number of phenols is 1. The molecule has 9 rings (SSSR count). The highest BCUT2D eigenvalue weighted by Gasteiger charge is 2.49. The van der Waals surface area contributed by atoms with Gasteiger partial charge in [0.1, 0.15) is 35.7 Å². The summed E-state index contributed by atoms with van der Waals surface area (Å²) in [6.07, 6.45) is 2.72. The summed E-state index contributed by atoms with van der Waals surface area (Å²) < 4.78 is 59.4. The number of fused-ring (bicyclic) bond motifs is 8. The van der Waals surface area contributed by atoms with Crippen molar-refractivity contribution in [3.8, 4) is 22.9 Å². The van der Waals surface area contributed by atoms with Crippen LogP contribution in [0.5, 0.6) is 11.8 Å². The zero-order valence-electron chi connectivity index (χ0n) is 27.3. The lowest BCUT2D eigenvalue weighted by Gasteiger charge is -2.31. The van der Waals surface area contributed by atoms with Crippen molar-refractivity contribution in [2.45, 2.75) is 56.7 Å². The molecule has 4 aromatic rings. The molecule has 0 aliphatic carbocycles. The van der Waals surface area contributed by atoms with Gasteiger partial charge >= 0.3 is 6.01 Å². The van der Waals surface area contributed by atoms with Crippen molar-refractivity contribution < 1.29 is 32.5 Å². The van der Waals surface area contributed by atoms with Crippen molar-refractivity contribution in [2.75, 3.05) is 57.4 Å². The van der Waals surface area contributed by atoms with Gasteiger partial charge in [-0.2, -0.15) is 9.97 Å². The van der Waals surface area contributed by atoms with Gasteiger partial charge in [0.05, 0.1) is 18.8 Å². The number of hydrogen-bond donors (Lipinski definition) is 2. The Kier molecular flexibility index (Phi) is 8.47. The number of aromatic nitrogens is 2. The minimum absolute atomic E-state index is 0.00188. The lowest BCUT2D eigenvalue weighted by atomic mass is 9.91. The van der Waals surface area contributed by atoms with Crippen molar-refractivity contribution in [1.82, 2.24) is 20.2 Å². The molecule has 6 heterocycles. The van der Waals surface area contributed by atoms with Gasteiger partial charge < -0.3 is 24.8 Å². The van der Waals surface area contributed by atoms with Crippen LogP contribution in [-0.2, 0) is 16.0 Å². The number of amides is 1. The van der Waals surface area contributed by atoms with E-state index in [1.165, 1.54) is 18.2 Å². The standard InChI is InChI=1S/C37H40F3N5O4/c38-24-17-37(10-2-12-45(37)19-24)21-49-36-42-34-28-7-6-26(33(34)40)29-16-25(46)15-23-5-8-30(39)27(32(23)29)3-1-4-31(47)41-11-9-22-18-44(35(28)43-36)13-14-48-20-22/h5-8,15-16,22,24,46H,1-4,9-14,17-21H2,(H,41,47)/t22?,24-,37+/m1/s1. The van der Waals surface area contributed by atoms with Gasteiger partial charge in [0, 0.05) is 55.9 Å². The van der Waals surface area contributed by atoms with Gasteiger partial charge in [0.25, 0.3) is 0 Å². The van der Waals surface area contributed by atoms with Crippen LogP contribution in [0.15, 0.2) is 36.4 Å². The van der Waals surface area contributed by atoms with Gasteiger partial charge in [-0.1, -0.05) is 12.1 Å². The number of nitrogens with zero attached hydrogens (tertiary/aromatic N) is 4. The fourth-order valence-electron chi connectivity index (χ4n) is 8.42. The van der Waals surface area contributed by atoms with Crippen LogP contribution in [0.25, 0.3) is 32.8 Å². The smallest absolute Gasteiger partial charge is 0.319 e. The average Bonchev–Trinajstić information content (AvgIpc) is 3.50. The molecule has 12 heteroatoms. The lowest BCUT2D eigenvalue weighted by molar-refractivity contribution is -0.121. The number of phenolic OH excluding ortho intramolecular Hbond substituents is 1. The Morgan fingerprint density at radius 2 is 1.96 bits per heavy atom. The van der Waals surface area contributed by atoms with E-state index in [1.54, 1.807) is 18.2 Å². The minimum atomic E-state index is -0.928. The van der Waals surface area contributed by atoms with Gasteiger partial charge in [-0.05, 0) is 84.8 Å². The van der Waals surface area contributed by atoms with Crippen molar-refractivity contribution in [1.29, 1.82) is 0 Å². The van der Waals surface area contributed by atoms with Crippen molar-refractivity contribution >= 4 is 33.4 Å². The first kappa shape index (κ1) is 32.1. The van der Waals surface area contributed by atoms with Crippen LogP contribution in [0.4, 0.5) is 19.0 Å². The van der Waals surface area contributed by atoms with E-state index in [2.05, 4.69) is 20.1 Å². The first-order valence-corrected chi connectivity index (χ1v) is 17.3. The Morgan fingerprint density at radius 1 is 1.06 bits per heavy atom. The third-order valence-corrected chi connectivity index (χ3v) is 10.8. The molecule has 258 valence electrons. The minimum Gasteiger partial charge on any atom is -0.508 e. The highest BCUT2D eigenvalue weighted by atomic mass is 19.1. The summed E-state index contributed by atoms with van der Waals surface area (Å²) in [5, 5.41) is 15.2. The molecular formula is C37H40F3N5O4. The molecule has 1 aromatic heterocycles. The number of ether oxygens (including phenoxy) is 2. The monoisotopic (exact) mass is 675 g/mol. The number of rotatable bonds is 3. The third kappa shape index (κ3) is 6.03. The van der Waals surface area contributed by atoms with E-state index in [1.807, 2.05) is 0 Å². The Bertz CT molecular complexity index is 1930. The first-order valence-electron chi connectivity index (χ1n) is 17.3. The molecule has 3 aromatic carbocycles. The summed E-state index contributed by atoms with van der Waals surface area (Å²) in [5.41, 5.74) is 0.406. The second-order valence-electron chi connectivity index (χ2n) is 14.0. The van der Waals surface area contributed by atoms with Crippen LogP contribution in [0.1, 0.15) is 44.1 Å². The van der Waals surface area contributed by atoms with E-state index in [9.17, 15) is 14.3 Å². The Balaban J connectivity index is 1.30. The van der Waals surface area contributed by atoms with E-state index in [-0.39, 0.29) is 54.1 Å². The Hall–Kier alpha value is -4.16. The number of carbonyl (C=O) groups is 1. The fraction of sp³-hybridized carbons (Fsp3) is 0.486. The fourth-order valence-corrected chi connectivity index (χ4v) is 8.42. The predicted molar refractivity (Wildman–Crippen MR) is 180 cm³/mol. The van der Waals surface area contributed by atoms with Crippen LogP contribution < -0.4 is 15.0 Å². The molecule has 5 aliphatic heterocycles. The molecule has 0 radical (unpaired) electrons. The highest BCUT2D eigenvalue weighted by Crippen LogP contribution is 2.42. The number of aryl methyl sites for hydroxylation is 1. The number of nitrogens with one attached hydrogen (secondary N) is 1. The summed E-state index contributed by atoms with van der Waals surface area (Å²) in [6.45, 7) is 3.82. The van der Waals surface area contributed by atoms with Crippen molar-refractivity contribution in [2.24, 2.45) is 5.92 Å². The normalized spacial score (nSPS) is 25.0. The summed E-state index contributed by atoms with van der Waals surface area (Å²) in [7, 11) is 0. The molecule has 3 saturated heterocycles. The molecule has 1 unspecified atom stereocenters. The predicted octanol–water partition coefficient (Wildman–Crippen LogP) is 5.68. The average molecular weight is 676 g/mol. The maximum atomic E-state index is 17.1. The molecule has 2 N–H and O–H groups in total. The van der Waals surface area contributed by atoms with Crippen LogP contribution in [0.2, 0.25) is 0 Å². The number of halogens is 3. The summed E-state index contributed by atoms with van der Waals surface area (Å²) in [5.74, 6) is -0.765. The van der Waals surface area contributed by atoms with Crippen LogP contribution in [0.3, 0.4) is 0 Å². The van der Waals surface area contributed by atoms with Gasteiger partial charge in [-0.15, -0.1) is 0 Å². The molecule has 3 fully saturated rings. The highest BCUT2D eigenvalue weighted by molar-refractivity contribution is 6.03. The molecule has 3 atom stereocenters. The lowest BCUT2D eigenvalue weighted by Crippen LogP contribution is -2.43. The maximum Gasteiger partial charge on any atom is 0.319 e. The molecule has 1 amide bonds. The molecule has 6 bridgehead atoms. The number of aromatic hydroxyl groups is 1. The number of hydrogen-bond acceptors (Lipinski definition) is 8. The Morgan fingerprint density at radius 3 is 2.86 bits per heavy atom. The van der Waals surface area contributed by atoms with E-state index < -0.39 is 23.3 Å². The molecule has 0 saturated carbocycles. The number of carbonyl (C=O) groups excluding carboxylic acids is 1. The third-order valence-electron chi connectivity index (χ3n) is 10.8. The number of benzene rings is 3. The second kappa shape index (κ2) is 12.9. The zero-order valence-corrected chi connectivity index (χ0v) is 27.3. The largest absolute Gasteiger partial charge is 0.508 e. The SMILES string of the molecule is O=C1CCCc2c(F)ccc3cc(O)cc(c23)-c2ccc3c(nc(OC[C@@]45CCCN4C[C@H](F)C5)nc3c2F)N2CCOCC(CCN1)C2. The van der Waals surface area contributed by atoms with E-state index >= 15 is 8.78 Å². The van der Waals surface area contributed by atoms with Crippen LogP contribution in [-0.4, -0.2) is 90.1 Å². The van der Waals surface area contributed by atoms with Crippen LogP contribution in [0, 0.1) is 17.6 Å². The maximum absolute atomic E-state index is 17.1. The van der Waals surface area contributed by atoms with Crippen molar-refractivity contribution in [3.05, 3.63) is 53.6 Å². The molecular weight excluding hydrogens is 635 g/mol. The number of alkyl halides is 1. The molecule has 0 spiro atoms. The Labute approximate surface area is 282 Å². The first-order chi connectivity index (χ1) is 23.8. The van der Waals surface area contributed by atoms with E-state index in [0.717, 1.165) is 19.4 Å². The zero-order chi connectivity index (χ0) is 33.7. The topological polar surface area (TPSA) is 100 Å². The summed E-state index contributed by atoms with van der Waals surface area (Å²) >= 11 is 0. The quantitative estimate of drug-likeness (QED) is 0.286. The van der Waals surface area contributed by atoms with Gasteiger partial charge in [-0.25, -0.2) is 13.2 Å². The molecule has 49 heavy (non-hydrogen) atoms. The van der Waals surface area contributed by atoms with Gasteiger partial charge in [-0.3, -0.25) is 9.69 Å². The van der Waals surface area contributed by atoms with Crippen LogP contribution >= 0.6 is 0 Å². The summed E-state index contributed by atoms with van der Waals surface area (Å²) in [6, 6.07) is 9.28. The van der Waals surface area contributed by atoms with Crippen molar-refractivity contribution in [3.63, 3.8) is 0 Å². The van der Waals surface area contributed by atoms with Gasteiger partial charge in [0.15, 0.2) is 5.82 Å². The van der Waals surface area contributed by atoms with E-state index in [0.29, 0.717) is 91.8 Å². The second-order valence-corrected chi connectivity index (χ2v) is 14.0.